The first-order valence-electron chi connectivity index (χ1n) is 4.51. The maximum Gasteiger partial charge on any atom is 0.0486 e. The lowest BCUT2D eigenvalue weighted by molar-refractivity contribution is 0.135. The molecule has 0 aliphatic rings. The van der Waals surface area contributed by atoms with Gasteiger partial charge in [-0.15, -0.1) is 0 Å². The summed E-state index contributed by atoms with van der Waals surface area (Å²) in [6.07, 6.45) is 1.84. The highest BCUT2D eigenvalue weighted by molar-refractivity contribution is 5.00. The van der Waals surface area contributed by atoms with E-state index in [2.05, 4.69) is 26.3 Å². The molecule has 0 aliphatic heterocycles. The van der Waals surface area contributed by atoms with E-state index in [0.29, 0.717) is 5.92 Å². The Labute approximate surface area is 80.9 Å². The molecule has 0 rings (SSSR count). The van der Waals surface area contributed by atoms with Crippen LogP contribution in [0.5, 0.6) is 0 Å². The second-order valence-corrected chi connectivity index (χ2v) is 4.45. The number of allylic oxidation sites excluding steroid dienone is 1. The maximum atomic E-state index is 5.81. The summed E-state index contributed by atoms with van der Waals surface area (Å²) in [5.41, 5.74) is 9.16. The van der Waals surface area contributed by atoms with E-state index in [0.717, 1.165) is 5.70 Å². The Balaban J connectivity index is 4.54. The SMILES string of the molecule is CC(C)/C(N)=C/N(NN)C(C)(C)C. The van der Waals surface area contributed by atoms with Crippen LogP contribution in [0.1, 0.15) is 34.6 Å². The number of nitrogens with one attached hydrogen (secondary N) is 1. The van der Waals surface area contributed by atoms with Crippen molar-refractivity contribution in [2.24, 2.45) is 17.5 Å². The summed E-state index contributed by atoms with van der Waals surface area (Å²) in [6.45, 7) is 10.2. The smallest absolute Gasteiger partial charge is 0.0486 e. The van der Waals surface area contributed by atoms with E-state index < -0.39 is 0 Å². The van der Waals surface area contributed by atoms with Crippen LogP contribution in [0, 0.1) is 5.92 Å². The molecule has 0 spiro atoms. The number of hydrogen-bond donors (Lipinski definition) is 3. The van der Waals surface area contributed by atoms with Crippen molar-refractivity contribution in [3.8, 4) is 0 Å². The van der Waals surface area contributed by atoms with E-state index in [1.54, 1.807) is 5.01 Å². The van der Waals surface area contributed by atoms with Crippen LogP contribution < -0.4 is 17.1 Å². The van der Waals surface area contributed by atoms with Gasteiger partial charge in [0.15, 0.2) is 0 Å². The van der Waals surface area contributed by atoms with Gasteiger partial charge < -0.3 is 5.73 Å². The van der Waals surface area contributed by atoms with Gasteiger partial charge in [-0.3, -0.25) is 10.9 Å². The first-order valence-corrected chi connectivity index (χ1v) is 4.51. The second kappa shape index (κ2) is 4.48. The highest BCUT2D eigenvalue weighted by Gasteiger charge is 2.17. The first-order chi connectivity index (χ1) is 5.79. The largest absolute Gasteiger partial charge is 0.401 e. The highest BCUT2D eigenvalue weighted by atomic mass is 15.6. The molecule has 0 fully saturated rings. The van der Waals surface area contributed by atoms with Crippen molar-refractivity contribution >= 4 is 0 Å². The molecule has 0 aromatic rings. The van der Waals surface area contributed by atoms with E-state index in [9.17, 15) is 0 Å². The van der Waals surface area contributed by atoms with Crippen molar-refractivity contribution in [2.75, 3.05) is 0 Å². The van der Waals surface area contributed by atoms with Gasteiger partial charge in [0, 0.05) is 17.4 Å². The van der Waals surface area contributed by atoms with Crippen LogP contribution >= 0.6 is 0 Å². The third kappa shape index (κ3) is 4.15. The van der Waals surface area contributed by atoms with Crippen LogP contribution in [0.2, 0.25) is 0 Å². The molecule has 5 N–H and O–H groups in total. The van der Waals surface area contributed by atoms with Gasteiger partial charge in [-0.2, -0.15) is 5.53 Å². The fourth-order valence-corrected chi connectivity index (χ4v) is 0.723. The van der Waals surface area contributed by atoms with Crippen molar-refractivity contribution in [2.45, 2.75) is 40.2 Å². The van der Waals surface area contributed by atoms with Crippen LogP contribution in [0.3, 0.4) is 0 Å². The quantitative estimate of drug-likeness (QED) is 0.453. The Morgan fingerprint density at radius 2 is 1.85 bits per heavy atom. The normalized spacial score (nSPS) is 13.6. The van der Waals surface area contributed by atoms with Crippen molar-refractivity contribution < 1.29 is 0 Å². The lowest BCUT2D eigenvalue weighted by atomic mass is 10.1. The van der Waals surface area contributed by atoms with Gasteiger partial charge in [0.05, 0.1) is 0 Å². The van der Waals surface area contributed by atoms with Gasteiger partial charge in [-0.25, -0.2) is 0 Å². The zero-order valence-electron chi connectivity index (χ0n) is 9.26. The fourth-order valence-electron chi connectivity index (χ4n) is 0.723. The highest BCUT2D eigenvalue weighted by Crippen LogP contribution is 2.12. The van der Waals surface area contributed by atoms with E-state index in [-0.39, 0.29) is 5.54 Å². The number of nitrogens with two attached hydrogens (primary N) is 2. The predicted molar refractivity (Wildman–Crippen MR) is 56.0 cm³/mol. The van der Waals surface area contributed by atoms with Crippen LogP contribution in [0.4, 0.5) is 0 Å². The molecule has 0 heterocycles. The van der Waals surface area contributed by atoms with Crippen LogP contribution in [-0.2, 0) is 0 Å². The standard InChI is InChI=1S/C9H22N4/c1-7(2)8(10)6-13(12-11)9(3,4)5/h6-7,12H,10-11H2,1-5H3/b8-6-. The predicted octanol–water partition coefficient (Wildman–Crippen LogP) is 0.921. The summed E-state index contributed by atoms with van der Waals surface area (Å²) in [6, 6.07) is 0. The minimum Gasteiger partial charge on any atom is -0.401 e. The molecule has 0 aliphatic carbocycles. The summed E-state index contributed by atoms with van der Waals surface area (Å²) in [4.78, 5) is 0. The lowest BCUT2D eigenvalue weighted by Crippen LogP contribution is -2.50. The van der Waals surface area contributed by atoms with Gasteiger partial charge in [0.2, 0.25) is 0 Å². The summed E-state index contributed by atoms with van der Waals surface area (Å²) in [5, 5.41) is 1.79. The molecular formula is C9H22N4. The molecule has 0 aromatic carbocycles. The Morgan fingerprint density at radius 3 is 2.08 bits per heavy atom. The number of nitrogens with zero attached hydrogens (tertiary/aromatic N) is 1. The molecule has 4 heteroatoms. The van der Waals surface area contributed by atoms with Gasteiger partial charge in [-0.05, 0) is 26.7 Å². The zero-order chi connectivity index (χ0) is 10.6. The van der Waals surface area contributed by atoms with Crippen molar-refractivity contribution in [3.63, 3.8) is 0 Å². The lowest BCUT2D eigenvalue weighted by Gasteiger charge is -2.33. The minimum absolute atomic E-state index is 0.0751. The summed E-state index contributed by atoms with van der Waals surface area (Å²) in [5.74, 6) is 5.71. The minimum atomic E-state index is -0.0751. The molecule has 0 unspecified atom stereocenters. The van der Waals surface area contributed by atoms with Crippen LogP contribution in [0.25, 0.3) is 0 Å². The molecule has 0 atom stereocenters. The van der Waals surface area contributed by atoms with Crippen molar-refractivity contribution in [3.05, 3.63) is 11.9 Å². The van der Waals surface area contributed by atoms with Gasteiger partial charge in [0.1, 0.15) is 0 Å². The molecule has 0 aromatic heterocycles. The summed E-state index contributed by atoms with van der Waals surface area (Å²) in [7, 11) is 0. The summed E-state index contributed by atoms with van der Waals surface area (Å²) < 4.78 is 0. The topological polar surface area (TPSA) is 67.3 Å². The Bertz CT molecular complexity index is 179. The average Bonchev–Trinajstić information content (AvgIpc) is 1.96. The monoisotopic (exact) mass is 186 g/mol. The number of rotatable bonds is 3. The van der Waals surface area contributed by atoms with E-state index >= 15 is 0 Å². The second-order valence-electron chi connectivity index (χ2n) is 4.45. The number of hydrazine groups is 2. The van der Waals surface area contributed by atoms with Crippen molar-refractivity contribution in [1.29, 1.82) is 0 Å². The first kappa shape index (κ1) is 12.3. The third-order valence-corrected chi connectivity index (χ3v) is 1.81. The number of hydrogen-bond acceptors (Lipinski definition) is 4. The summed E-state index contributed by atoms with van der Waals surface area (Å²) >= 11 is 0. The molecule has 78 valence electrons. The molecule has 0 saturated carbocycles. The van der Waals surface area contributed by atoms with Gasteiger partial charge in [-0.1, -0.05) is 13.8 Å². The molecular weight excluding hydrogens is 164 g/mol. The van der Waals surface area contributed by atoms with Gasteiger partial charge >= 0.3 is 0 Å². The fraction of sp³-hybridized carbons (Fsp3) is 0.778. The average molecular weight is 186 g/mol. The van der Waals surface area contributed by atoms with E-state index in [1.165, 1.54) is 0 Å². The Morgan fingerprint density at radius 1 is 1.38 bits per heavy atom. The molecule has 13 heavy (non-hydrogen) atoms. The molecule has 0 amide bonds. The molecule has 0 saturated heterocycles. The molecule has 4 nitrogen and oxygen atoms in total. The Kier molecular flexibility index (Phi) is 4.23. The van der Waals surface area contributed by atoms with E-state index in [4.69, 9.17) is 11.6 Å². The molecule has 0 bridgehead atoms. The van der Waals surface area contributed by atoms with E-state index in [1.807, 2.05) is 20.0 Å². The van der Waals surface area contributed by atoms with Crippen molar-refractivity contribution in [1.82, 2.24) is 10.5 Å². The Hall–Kier alpha value is -0.740. The zero-order valence-corrected chi connectivity index (χ0v) is 9.26. The third-order valence-electron chi connectivity index (χ3n) is 1.81. The maximum absolute atomic E-state index is 5.81. The molecule has 0 radical (unpaired) electrons. The van der Waals surface area contributed by atoms with Crippen LogP contribution in [-0.4, -0.2) is 10.5 Å². The van der Waals surface area contributed by atoms with Crippen LogP contribution in [0.15, 0.2) is 11.9 Å². The van der Waals surface area contributed by atoms with Gasteiger partial charge in [0.25, 0.3) is 0 Å².